The lowest BCUT2D eigenvalue weighted by Gasteiger charge is -2.22. The largest absolute Gasteiger partial charge is 0.361 e. The van der Waals surface area contributed by atoms with Crippen LogP contribution in [0.3, 0.4) is 0 Å². The minimum atomic E-state index is 0.247. The van der Waals surface area contributed by atoms with Gasteiger partial charge < -0.3 is 9.88 Å². The van der Waals surface area contributed by atoms with Crippen molar-refractivity contribution in [3.05, 3.63) is 58.4 Å². The van der Waals surface area contributed by atoms with Crippen LogP contribution in [0.2, 0.25) is 0 Å². The summed E-state index contributed by atoms with van der Waals surface area (Å²) in [4.78, 5) is 19.1. The topological polar surface area (TPSA) is 36.1 Å². The number of hydrogen-bond donors (Lipinski definition) is 1. The number of aromatic nitrogens is 1. The molecule has 1 amide bonds. The van der Waals surface area contributed by atoms with E-state index in [4.69, 9.17) is 0 Å². The van der Waals surface area contributed by atoms with E-state index >= 15 is 0 Å². The Morgan fingerprint density at radius 3 is 2.95 bits per heavy atom. The van der Waals surface area contributed by atoms with Crippen molar-refractivity contribution in [2.75, 3.05) is 0 Å². The molecule has 4 heteroatoms. The number of aromatic amines is 1. The average molecular weight is 310 g/mol. The molecule has 1 aliphatic carbocycles. The summed E-state index contributed by atoms with van der Waals surface area (Å²) in [5.74, 6) is 0.247. The zero-order valence-corrected chi connectivity index (χ0v) is 13.1. The number of amides is 1. The van der Waals surface area contributed by atoms with E-state index in [0.29, 0.717) is 19.0 Å². The Morgan fingerprint density at radius 2 is 2.18 bits per heavy atom. The Morgan fingerprint density at radius 1 is 1.27 bits per heavy atom. The van der Waals surface area contributed by atoms with Crippen molar-refractivity contribution in [1.82, 2.24) is 9.88 Å². The molecule has 3 nitrogen and oxygen atoms in total. The molecule has 0 spiro atoms. The van der Waals surface area contributed by atoms with Crippen LogP contribution in [0.5, 0.6) is 0 Å². The molecule has 3 aromatic rings. The van der Waals surface area contributed by atoms with Gasteiger partial charge in [0.1, 0.15) is 0 Å². The molecular formula is C18H18N2OS. The number of benzene rings is 1. The summed E-state index contributed by atoms with van der Waals surface area (Å²) in [6.07, 6.45) is 4.76. The molecule has 4 rings (SSSR count). The Balaban J connectivity index is 1.52. The van der Waals surface area contributed by atoms with E-state index in [1.54, 1.807) is 11.3 Å². The first kappa shape index (κ1) is 13.6. The normalized spacial score (nSPS) is 14.4. The second kappa shape index (κ2) is 5.61. The van der Waals surface area contributed by atoms with Gasteiger partial charge in [-0.1, -0.05) is 18.2 Å². The number of carbonyl (C=O) groups is 1. The highest BCUT2D eigenvalue weighted by molar-refractivity contribution is 7.10. The fourth-order valence-corrected chi connectivity index (χ4v) is 3.56. The van der Waals surface area contributed by atoms with Crippen molar-refractivity contribution in [2.45, 2.75) is 31.8 Å². The molecule has 1 saturated carbocycles. The van der Waals surface area contributed by atoms with Crippen LogP contribution in [-0.2, 0) is 17.8 Å². The number of nitrogens with one attached hydrogen (secondary N) is 1. The number of H-pyrrole nitrogens is 1. The van der Waals surface area contributed by atoms with Crippen molar-refractivity contribution in [2.24, 2.45) is 0 Å². The minimum absolute atomic E-state index is 0.247. The second-order valence-electron chi connectivity index (χ2n) is 5.91. The molecular weight excluding hydrogens is 292 g/mol. The smallest absolute Gasteiger partial charge is 0.228 e. The van der Waals surface area contributed by atoms with Crippen LogP contribution in [0.15, 0.2) is 48.0 Å². The van der Waals surface area contributed by atoms with E-state index < -0.39 is 0 Å². The molecule has 1 fully saturated rings. The van der Waals surface area contributed by atoms with Gasteiger partial charge in [-0.15, -0.1) is 11.3 Å². The summed E-state index contributed by atoms with van der Waals surface area (Å²) >= 11 is 1.66. The summed E-state index contributed by atoms with van der Waals surface area (Å²) in [7, 11) is 0. The maximum Gasteiger partial charge on any atom is 0.228 e. The first-order chi connectivity index (χ1) is 10.8. The Bertz CT molecular complexity index is 786. The predicted octanol–water partition coefficient (Wildman–Crippen LogP) is 3.96. The third-order valence-corrected chi connectivity index (χ3v) is 5.06. The summed E-state index contributed by atoms with van der Waals surface area (Å²) < 4.78 is 0. The molecule has 0 atom stereocenters. The molecule has 1 aliphatic rings. The zero-order valence-electron chi connectivity index (χ0n) is 12.3. The van der Waals surface area contributed by atoms with Crippen molar-refractivity contribution >= 4 is 28.1 Å². The average Bonchev–Trinajstić information content (AvgIpc) is 3.03. The number of nitrogens with zero attached hydrogens (tertiary/aromatic N) is 1. The summed E-state index contributed by atoms with van der Waals surface area (Å²) in [5, 5.41) is 3.25. The van der Waals surface area contributed by atoms with E-state index in [1.807, 2.05) is 23.7 Å². The van der Waals surface area contributed by atoms with Gasteiger partial charge in [-0.2, -0.15) is 0 Å². The van der Waals surface area contributed by atoms with E-state index in [0.717, 1.165) is 23.2 Å². The molecule has 0 radical (unpaired) electrons. The van der Waals surface area contributed by atoms with Crippen LogP contribution < -0.4 is 0 Å². The van der Waals surface area contributed by atoms with E-state index in [-0.39, 0.29) is 5.91 Å². The number of hydrogen-bond acceptors (Lipinski definition) is 2. The monoisotopic (exact) mass is 310 g/mol. The van der Waals surface area contributed by atoms with Gasteiger partial charge in [0.05, 0.1) is 6.42 Å². The van der Waals surface area contributed by atoms with Crippen molar-refractivity contribution in [1.29, 1.82) is 0 Å². The maximum atomic E-state index is 12.6. The van der Waals surface area contributed by atoms with Crippen LogP contribution in [0.1, 0.15) is 23.3 Å². The Kier molecular flexibility index (Phi) is 3.47. The Hall–Kier alpha value is -2.07. The van der Waals surface area contributed by atoms with Gasteiger partial charge in [-0.25, -0.2) is 0 Å². The third-order valence-electron chi connectivity index (χ3n) is 4.19. The van der Waals surface area contributed by atoms with Gasteiger partial charge in [-0.05, 0) is 47.4 Å². The number of fused-ring (bicyclic) bond motifs is 1. The van der Waals surface area contributed by atoms with Gasteiger partial charge in [-0.3, -0.25) is 4.79 Å². The van der Waals surface area contributed by atoms with Crippen LogP contribution in [0, 0.1) is 0 Å². The van der Waals surface area contributed by atoms with Crippen LogP contribution in [0.25, 0.3) is 10.9 Å². The van der Waals surface area contributed by atoms with Crippen molar-refractivity contribution < 1.29 is 4.79 Å². The molecule has 112 valence electrons. The lowest BCUT2D eigenvalue weighted by Crippen LogP contribution is -2.33. The highest BCUT2D eigenvalue weighted by Gasteiger charge is 2.32. The molecule has 22 heavy (non-hydrogen) atoms. The number of carbonyl (C=O) groups excluding carboxylic acids is 1. The summed E-state index contributed by atoms with van der Waals surface area (Å²) in [6.45, 7) is 0.712. The van der Waals surface area contributed by atoms with Gasteiger partial charge >= 0.3 is 0 Å². The molecule has 2 aromatic heterocycles. The quantitative estimate of drug-likeness (QED) is 0.760. The molecule has 2 heterocycles. The van der Waals surface area contributed by atoms with Crippen molar-refractivity contribution in [3.63, 3.8) is 0 Å². The van der Waals surface area contributed by atoms with Gasteiger partial charge in [0.25, 0.3) is 0 Å². The fraction of sp³-hybridized carbons (Fsp3) is 0.278. The number of thiophene rings is 1. The predicted molar refractivity (Wildman–Crippen MR) is 89.9 cm³/mol. The molecule has 0 saturated heterocycles. The van der Waals surface area contributed by atoms with Crippen LogP contribution in [-0.4, -0.2) is 21.8 Å². The maximum absolute atomic E-state index is 12.6. The standard InChI is InChI=1S/C18H18N2OS/c21-18(11-16-2-1-9-22-16)20(15-5-6-15)12-13-3-4-14-7-8-19-17(14)10-13/h1-4,7-10,15,19H,5-6,11-12H2. The second-order valence-corrected chi connectivity index (χ2v) is 6.94. The molecule has 0 unspecified atom stereocenters. The third kappa shape index (κ3) is 2.79. The lowest BCUT2D eigenvalue weighted by atomic mass is 10.1. The highest BCUT2D eigenvalue weighted by atomic mass is 32.1. The summed E-state index contributed by atoms with van der Waals surface area (Å²) in [6, 6.07) is 13.0. The van der Waals surface area contributed by atoms with Crippen LogP contribution >= 0.6 is 11.3 Å². The molecule has 1 aromatic carbocycles. The highest BCUT2D eigenvalue weighted by Crippen LogP contribution is 2.30. The lowest BCUT2D eigenvalue weighted by molar-refractivity contribution is -0.131. The number of rotatable bonds is 5. The Labute approximate surface area is 133 Å². The van der Waals surface area contributed by atoms with E-state index in [9.17, 15) is 4.79 Å². The molecule has 0 bridgehead atoms. The van der Waals surface area contributed by atoms with Gasteiger partial charge in [0.15, 0.2) is 0 Å². The van der Waals surface area contributed by atoms with Gasteiger partial charge in [0, 0.05) is 29.2 Å². The van der Waals surface area contributed by atoms with E-state index in [1.165, 1.54) is 10.9 Å². The minimum Gasteiger partial charge on any atom is -0.361 e. The zero-order chi connectivity index (χ0) is 14.9. The SMILES string of the molecule is O=C(Cc1cccs1)N(Cc1ccc2cc[nH]c2c1)C1CC1. The van der Waals surface area contributed by atoms with Crippen molar-refractivity contribution in [3.8, 4) is 0 Å². The molecule has 1 N–H and O–H groups in total. The summed E-state index contributed by atoms with van der Waals surface area (Å²) in [5.41, 5.74) is 2.33. The van der Waals surface area contributed by atoms with Crippen LogP contribution in [0.4, 0.5) is 0 Å². The first-order valence-electron chi connectivity index (χ1n) is 7.67. The van der Waals surface area contributed by atoms with Gasteiger partial charge in [0.2, 0.25) is 5.91 Å². The fourth-order valence-electron chi connectivity index (χ4n) is 2.86. The van der Waals surface area contributed by atoms with E-state index in [2.05, 4.69) is 34.1 Å². The molecule has 0 aliphatic heterocycles. The first-order valence-corrected chi connectivity index (χ1v) is 8.55.